The molecular formula is C9H15N3. The zero-order chi connectivity index (χ0) is 8.55. The maximum atomic E-state index is 5.67. The Kier molecular flexibility index (Phi) is 1.89. The first kappa shape index (κ1) is 7.80. The normalized spacial score (nSPS) is 22.3. The monoisotopic (exact) mass is 165 g/mol. The number of H-pyrrole nitrogens is 1. The fourth-order valence-electron chi connectivity index (χ4n) is 1.98. The molecule has 1 aliphatic carbocycles. The second-order valence-electron chi connectivity index (χ2n) is 3.51. The minimum atomic E-state index is 0.499. The number of hydrogen-bond donors (Lipinski definition) is 2. The van der Waals surface area contributed by atoms with Gasteiger partial charge in [-0.2, -0.15) is 0 Å². The van der Waals surface area contributed by atoms with Gasteiger partial charge in [-0.25, -0.2) is 4.98 Å². The number of nitrogens with one attached hydrogen (secondary N) is 1. The molecular weight excluding hydrogens is 150 g/mol. The van der Waals surface area contributed by atoms with Gasteiger partial charge in [-0.3, -0.25) is 0 Å². The molecule has 12 heavy (non-hydrogen) atoms. The van der Waals surface area contributed by atoms with Crippen LogP contribution in [0, 0.1) is 6.92 Å². The molecule has 3 nitrogen and oxygen atoms in total. The quantitative estimate of drug-likeness (QED) is 0.654. The molecule has 0 radical (unpaired) electrons. The molecule has 0 aromatic carbocycles. The van der Waals surface area contributed by atoms with Crippen LogP contribution in [0.15, 0.2) is 0 Å². The summed E-state index contributed by atoms with van der Waals surface area (Å²) in [5.41, 5.74) is 8.21. The van der Waals surface area contributed by atoms with Crippen LogP contribution in [-0.2, 0) is 6.42 Å². The van der Waals surface area contributed by atoms with Gasteiger partial charge in [-0.15, -0.1) is 0 Å². The van der Waals surface area contributed by atoms with Crippen molar-refractivity contribution in [2.45, 2.75) is 32.1 Å². The molecule has 66 valence electrons. The molecule has 0 aliphatic heterocycles. The molecule has 3 heteroatoms. The molecule has 0 saturated carbocycles. The van der Waals surface area contributed by atoms with Crippen LogP contribution in [0.25, 0.3) is 0 Å². The first-order valence-corrected chi connectivity index (χ1v) is 4.56. The largest absolute Gasteiger partial charge is 0.346 e. The molecule has 1 aliphatic rings. The maximum Gasteiger partial charge on any atom is 0.103 e. The summed E-state index contributed by atoms with van der Waals surface area (Å²) in [6.07, 6.45) is 3.59. The number of rotatable bonds is 1. The van der Waals surface area contributed by atoms with Gasteiger partial charge < -0.3 is 10.7 Å². The van der Waals surface area contributed by atoms with Crippen molar-refractivity contribution in [2.24, 2.45) is 5.73 Å². The van der Waals surface area contributed by atoms with Crippen LogP contribution < -0.4 is 5.73 Å². The highest BCUT2D eigenvalue weighted by atomic mass is 14.9. The summed E-state index contributed by atoms with van der Waals surface area (Å²) >= 11 is 0. The third-order valence-corrected chi connectivity index (χ3v) is 2.58. The van der Waals surface area contributed by atoms with Crippen molar-refractivity contribution in [1.82, 2.24) is 9.97 Å². The summed E-state index contributed by atoms with van der Waals surface area (Å²) in [5, 5.41) is 0. The highest BCUT2D eigenvalue weighted by molar-refractivity contribution is 5.22. The Bertz CT molecular complexity index is 277. The number of nitrogens with two attached hydrogens (primary N) is 1. The van der Waals surface area contributed by atoms with Gasteiger partial charge in [0.15, 0.2) is 0 Å². The van der Waals surface area contributed by atoms with E-state index in [0.29, 0.717) is 5.92 Å². The van der Waals surface area contributed by atoms with Gasteiger partial charge in [0, 0.05) is 18.2 Å². The SMILES string of the molecule is Cc1nc2c([nH]1)CCCC2CN. The number of fused-ring (bicyclic) bond motifs is 1. The smallest absolute Gasteiger partial charge is 0.103 e. The third kappa shape index (κ3) is 1.14. The zero-order valence-electron chi connectivity index (χ0n) is 7.43. The Labute approximate surface area is 72.4 Å². The van der Waals surface area contributed by atoms with E-state index in [1.54, 1.807) is 0 Å². The van der Waals surface area contributed by atoms with E-state index >= 15 is 0 Å². The molecule has 3 N–H and O–H groups in total. The minimum Gasteiger partial charge on any atom is -0.346 e. The first-order valence-electron chi connectivity index (χ1n) is 4.56. The second kappa shape index (κ2) is 2.90. The van der Waals surface area contributed by atoms with E-state index in [-0.39, 0.29) is 0 Å². The summed E-state index contributed by atoms with van der Waals surface area (Å²) in [6.45, 7) is 2.74. The molecule has 2 rings (SSSR count). The lowest BCUT2D eigenvalue weighted by molar-refractivity contribution is 0.546. The van der Waals surface area contributed by atoms with Crippen LogP contribution in [0.4, 0.5) is 0 Å². The predicted molar refractivity (Wildman–Crippen MR) is 48.1 cm³/mol. The third-order valence-electron chi connectivity index (χ3n) is 2.58. The highest BCUT2D eigenvalue weighted by Crippen LogP contribution is 2.28. The highest BCUT2D eigenvalue weighted by Gasteiger charge is 2.21. The van der Waals surface area contributed by atoms with Crippen molar-refractivity contribution >= 4 is 0 Å². The molecule has 0 fully saturated rings. The number of imidazole rings is 1. The lowest BCUT2D eigenvalue weighted by Gasteiger charge is -2.18. The molecule has 0 saturated heterocycles. The van der Waals surface area contributed by atoms with Crippen LogP contribution >= 0.6 is 0 Å². The van der Waals surface area contributed by atoms with Crippen molar-refractivity contribution in [2.75, 3.05) is 6.54 Å². The van der Waals surface area contributed by atoms with Crippen molar-refractivity contribution in [3.8, 4) is 0 Å². The van der Waals surface area contributed by atoms with Gasteiger partial charge in [-0.1, -0.05) is 0 Å². The van der Waals surface area contributed by atoms with Crippen LogP contribution in [0.5, 0.6) is 0 Å². The fourth-order valence-corrected chi connectivity index (χ4v) is 1.98. The van der Waals surface area contributed by atoms with Crippen LogP contribution in [0.3, 0.4) is 0 Å². The van der Waals surface area contributed by atoms with Gasteiger partial charge in [-0.05, 0) is 26.2 Å². The van der Waals surface area contributed by atoms with E-state index in [9.17, 15) is 0 Å². The number of aromatic nitrogens is 2. The van der Waals surface area contributed by atoms with Crippen molar-refractivity contribution in [3.63, 3.8) is 0 Å². The lowest BCUT2D eigenvalue weighted by atomic mass is 9.90. The molecule has 0 spiro atoms. The molecule has 1 atom stereocenters. The molecule has 1 heterocycles. The van der Waals surface area contributed by atoms with Gasteiger partial charge in [0.25, 0.3) is 0 Å². The zero-order valence-corrected chi connectivity index (χ0v) is 7.43. The van der Waals surface area contributed by atoms with E-state index in [2.05, 4.69) is 9.97 Å². The minimum absolute atomic E-state index is 0.499. The number of aromatic amines is 1. The molecule has 0 amide bonds. The van der Waals surface area contributed by atoms with Gasteiger partial charge in [0.1, 0.15) is 5.82 Å². The molecule has 1 unspecified atom stereocenters. The predicted octanol–water partition coefficient (Wildman–Crippen LogP) is 1.10. The van der Waals surface area contributed by atoms with Crippen LogP contribution in [0.1, 0.15) is 36.0 Å². The summed E-state index contributed by atoms with van der Waals surface area (Å²) < 4.78 is 0. The fraction of sp³-hybridized carbons (Fsp3) is 0.667. The molecule has 1 aromatic heterocycles. The molecule has 1 aromatic rings. The molecule has 0 bridgehead atoms. The van der Waals surface area contributed by atoms with Crippen LogP contribution in [0.2, 0.25) is 0 Å². The maximum absolute atomic E-state index is 5.67. The second-order valence-corrected chi connectivity index (χ2v) is 3.51. The number of nitrogens with zero attached hydrogens (tertiary/aromatic N) is 1. The Hall–Kier alpha value is -0.830. The Morgan fingerprint density at radius 2 is 2.50 bits per heavy atom. The van der Waals surface area contributed by atoms with Gasteiger partial charge in [0.05, 0.1) is 5.69 Å². The lowest BCUT2D eigenvalue weighted by Crippen LogP contribution is -2.18. The van der Waals surface area contributed by atoms with Crippen molar-refractivity contribution < 1.29 is 0 Å². The first-order chi connectivity index (χ1) is 5.81. The Balaban J connectivity index is 2.36. The summed E-state index contributed by atoms with van der Waals surface area (Å²) in [7, 11) is 0. The van der Waals surface area contributed by atoms with Crippen LogP contribution in [-0.4, -0.2) is 16.5 Å². The van der Waals surface area contributed by atoms with Gasteiger partial charge >= 0.3 is 0 Å². The van der Waals surface area contributed by atoms with E-state index in [1.165, 1.54) is 24.2 Å². The van der Waals surface area contributed by atoms with E-state index in [1.807, 2.05) is 6.92 Å². The Morgan fingerprint density at radius 1 is 1.67 bits per heavy atom. The van der Waals surface area contributed by atoms with Crippen molar-refractivity contribution in [1.29, 1.82) is 0 Å². The summed E-state index contributed by atoms with van der Waals surface area (Å²) in [6, 6.07) is 0. The summed E-state index contributed by atoms with van der Waals surface area (Å²) in [4.78, 5) is 7.76. The van der Waals surface area contributed by atoms with E-state index in [0.717, 1.165) is 18.8 Å². The van der Waals surface area contributed by atoms with E-state index in [4.69, 9.17) is 5.73 Å². The van der Waals surface area contributed by atoms with E-state index < -0.39 is 0 Å². The average Bonchev–Trinajstić information content (AvgIpc) is 2.44. The van der Waals surface area contributed by atoms with Gasteiger partial charge in [0.2, 0.25) is 0 Å². The van der Waals surface area contributed by atoms with Crippen molar-refractivity contribution in [3.05, 3.63) is 17.2 Å². The topological polar surface area (TPSA) is 54.7 Å². The Morgan fingerprint density at radius 3 is 3.25 bits per heavy atom. The average molecular weight is 165 g/mol. The standard InChI is InChI=1S/C9H15N3/c1-6-11-8-4-2-3-7(5-10)9(8)12-6/h7H,2-5,10H2,1H3,(H,11,12). The number of hydrogen-bond acceptors (Lipinski definition) is 2. The summed E-state index contributed by atoms with van der Waals surface area (Å²) in [5.74, 6) is 1.53. The number of aryl methyl sites for hydroxylation is 2.